The predicted octanol–water partition coefficient (Wildman–Crippen LogP) is 6.53. The van der Waals surface area contributed by atoms with E-state index in [1.165, 1.54) is 11.1 Å². The van der Waals surface area contributed by atoms with E-state index < -0.39 is 0 Å². The van der Waals surface area contributed by atoms with Crippen molar-refractivity contribution in [2.24, 2.45) is 5.73 Å². The van der Waals surface area contributed by atoms with Gasteiger partial charge in [-0.05, 0) is 60.6 Å². The molecular formula is C35H35N7. The zero-order valence-corrected chi connectivity index (χ0v) is 23.8. The van der Waals surface area contributed by atoms with Gasteiger partial charge in [-0.25, -0.2) is 0 Å². The molecule has 0 saturated carbocycles. The Morgan fingerprint density at radius 2 is 1.10 bits per heavy atom. The molecule has 0 aliphatic heterocycles. The van der Waals surface area contributed by atoms with Crippen LogP contribution >= 0.6 is 0 Å². The SMILES string of the molecule is Cc1ccc(C/C=C(/C#N)CN)cc1.N#C/C(C=N)=C/Cc1ccc(CNc2ccc(C/C=C(/C#N)C=N)cc2)cc1. The summed E-state index contributed by atoms with van der Waals surface area (Å²) in [5.74, 6) is 0. The minimum absolute atomic E-state index is 0.322. The third-order valence-corrected chi connectivity index (χ3v) is 6.23. The summed E-state index contributed by atoms with van der Waals surface area (Å²) in [6.07, 6.45) is 9.54. The Morgan fingerprint density at radius 1 is 0.667 bits per heavy atom. The molecule has 0 aromatic heterocycles. The molecule has 0 heterocycles. The number of nitrogens with zero attached hydrogens (tertiary/aromatic N) is 3. The van der Waals surface area contributed by atoms with Gasteiger partial charge in [0.25, 0.3) is 0 Å². The first-order valence-electron chi connectivity index (χ1n) is 13.4. The summed E-state index contributed by atoms with van der Waals surface area (Å²) in [5.41, 5.74) is 13.5. The molecular weight excluding hydrogens is 518 g/mol. The Hall–Kier alpha value is -5.55. The zero-order valence-electron chi connectivity index (χ0n) is 23.8. The average molecular weight is 554 g/mol. The molecule has 0 fully saturated rings. The molecule has 42 heavy (non-hydrogen) atoms. The standard InChI is InChI=1S/C23H21N5.C12H14N2/c24-13-21(14-25)7-3-18-1-5-20(6-2-18)17-28-23-11-9-19(10-12-23)4-8-22(15-26)16-27;1-10-2-4-11(5-3-10)6-7-12(8-13)9-14/h1-2,5-13,15,24,26,28H,3-4,17H2;2-5,7H,6,8,13H2,1H3/b21-7+,22-8+,24-13?,26-15?;12-7+. The summed E-state index contributed by atoms with van der Waals surface area (Å²) in [7, 11) is 0. The lowest BCUT2D eigenvalue weighted by Crippen LogP contribution is -2.01. The van der Waals surface area contributed by atoms with E-state index in [1.807, 2.05) is 66.7 Å². The first-order chi connectivity index (χ1) is 20.4. The molecule has 0 bridgehead atoms. The van der Waals surface area contributed by atoms with Crippen molar-refractivity contribution < 1.29 is 0 Å². The number of nitrogens with two attached hydrogens (primary N) is 1. The number of hydrogen-bond acceptors (Lipinski definition) is 7. The smallest absolute Gasteiger partial charge is 0.100 e. The normalized spacial score (nSPS) is 11.2. The van der Waals surface area contributed by atoms with Crippen molar-refractivity contribution in [2.45, 2.75) is 32.7 Å². The van der Waals surface area contributed by atoms with Gasteiger partial charge in [0.15, 0.2) is 0 Å². The van der Waals surface area contributed by atoms with Crippen molar-refractivity contribution in [3.05, 3.63) is 136 Å². The Morgan fingerprint density at radius 3 is 1.52 bits per heavy atom. The minimum atomic E-state index is 0.322. The van der Waals surface area contributed by atoms with Gasteiger partial charge in [-0.15, -0.1) is 0 Å². The number of benzene rings is 3. The quantitative estimate of drug-likeness (QED) is 0.148. The second-order valence-electron chi connectivity index (χ2n) is 9.34. The number of nitrogens with one attached hydrogen (secondary N) is 3. The number of aryl methyl sites for hydroxylation is 1. The third-order valence-electron chi connectivity index (χ3n) is 6.23. The maximum Gasteiger partial charge on any atom is 0.100 e. The summed E-state index contributed by atoms with van der Waals surface area (Å²) in [6, 6.07) is 30.4. The van der Waals surface area contributed by atoms with Gasteiger partial charge in [0.05, 0.1) is 17.2 Å². The van der Waals surface area contributed by atoms with Gasteiger partial charge >= 0.3 is 0 Å². The number of rotatable bonds is 12. The van der Waals surface area contributed by atoms with Crippen molar-refractivity contribution in [3.63, 3.8) is 0 Å². The van der Waals surface area contributed by atoms with Crippen LogP contribution < -0.4 is 11.1 Å². The van der Waals surface area contributed by atoms with Crippen molar-refractivity contribution in [3.8, 4) is 18.2 Å². The molecule has 5 N–H and O–H groups in total. The van der Waals surface area contributed by atoms with E-state index in [4.69, 9.17) is 32.3 Å². The van der Waals surface area contributed by atoms with Gasteiger partial charge in [0, 0.05) is 36.8 Å². The van der Waals surface area contributed by atoms with E-state index >= 15 is 0 Å². The molecule has 0 spiro atoms. The predicted molar refractivity (Wildman–Crippen MR) is 170 cm³/mol. The number of anilines is 1. The lowest BCUT2D eigenvalue weighted by molar-refractivity contribution is 1.13. The highest BCUT2D eigenvalue weighted by Crippen LogP contribution is 2.14. The van der Waals surface area contributed by atoms with Gasteiger partial charge in [-0.1, -0.05) is 84.5 Å². The van der Waals surface area contributed by atoms with Crippen LogP contribution in [0.3, 0.4) is 0 Å². The highest BCUT2D eigenvalue weighted by atomic mass is 14.9. The van der Waals surface area contributed by atoms with E-state index in [2.05, 4.69) is 42.6 Å². The first kappa shape index (κ1) is 32.7. The van der Waals surface area contributed by atoms with Gasteiger partial charge in [0.1, 0.15) is 12.1 Å². The molecule has 3 rings (SSSR count). The molecule has 0 radical (unpaired) electrons. The molecule has 0 atom stereocenters. The number of allylic oxidation sites excluding steroid dienone is 5. The summed E-state index contributed by atoms with van der Waals surface area (Å²) in [4.78, 5) is 0. The molecule has 7 heteroatoms. The molecule has 0 saturated heterocycles. The lowest BCUT2D eigenvalue weighted by atomic mass is 10.1. The minimum Gasteiger partial charge on any atom is -0.381 e. The lowest BCUT2D eigenvalue weighted by Gasteiger charge is -2.08. The zero-order chi connectivity index (χ0) is 30.6. The van der Waals surface area contributed by atoms with Crippen LogP contribution in [0.25, 0.3) is 0 Å². The van der Waals surface area contributed by atoms with Gasteiger partial charge in [0.2, 0.25) is 0 Å². The van der Waals surface area contributed by atoms with Crippen LogP contribution in [0.4, 0.5) is 5.69 Å². The van der Waals surface area contributed by atoms with Gasteiger partial charge < -0.3 is 21.9 Å². The van der Waals surface area contributed by atoms with Crippen LogP contribution in [0.2, 0.25) is 0 Å². The Kier molecular flexibility index (Phi) is 14.5. The molecule has 0 amide bonds. The van der Waals surface area contributed by atoms with E-state index in [0.717, 1.165) is 41.2 Å². The Labute approximate surface area is 248 Å². The van der Waals surface area contributed by atoms with Crippen LogP contribution in [0.5, 0.6) is 0 Å². The van der Waals surface area contributed by atoms with E-state index in [1.54, 1.807) is 12.2 Å². The summed E-state index contributed by atoms with van der Waals surface area (Å²) >= 11 is 0. The fraction of sp³-hybridized carbons (Fsp3) is 0.171. The van der Waals surface area contributed by atoms with Gasteiger partial charge in [-0.3, -0.25) is 0 Å². The molecule has 210 valence electrons. The fourth-order valence-electron chi connectivity index (χ4n) is 3.63. The van der Waals surface area contributed by atoms with Crippen LogP contribution in [-0.2, 0) is 25.8 Å². The number of hydrogen-bond donors (Lipinski definition) is 4. The highest BCUT2D eigenvalue weighted by Gasteiger charge is 1.98. The van der Waals surface area contributed by atoms with Crippen molar-refractivity contribution in [1.29, 1.82) is 26.6 Å². The highest BCUT2D eigenvalue weighted by molar-refractivity contribution is 5.81. The van der Waals surface area contributed by atoms with Crippen LogP contribution in [0.1, 0.15) is 27.8 Å². The van der Waals surface area contributed by atoms with Crippen LogP contribution in [0.15, 0.2) is 108 Å². The fourth-order valence-corrected chi connectivity index (χ4v) is 3.63. The molecule has 3 aromatic carbocycles. The first-order valence-corrected chi connectivity index (χ1v) is 13.4. The van der Waals surface area contributed by atoms with Crippen LogP contribution in [-0.4, -0.2) is 19.0 Å². The Bertz CT molecular complexity index is 1440. The van der Waals surface area contributed by atoms with E-state index in [0.29, 0.717) is 42.7 Å². The summed E-state index contributed by atoms with van der Waals surface area (Å²) < 4.78 is 0. The Balaban J connectivity index is 0.000000369. The molecule has 0 aliphatic carbocycles. The van der Waals surface area contributed by atoms with Crippen molar-refractivity contribution >= 4 is 18.1 Å². The summed E-state index contributed by atoms with van der Waals surface area (Å²) in [5, 5.41) is 43.9. The average Bonchev–Trinajstić information content (AvgIpc) is 3.04. The molecule has 7 nitrogen and oxygen atoms in total. The topological polar surface area (TPSA) is 157 Å². The maximum atomic E-state index is 8.82. The molecule has 0 aliphatic rings. The van der Waals surface area contributed by atoms with Crippen molar-refractivity contribution in [1.82, 2.24) is 0 Å². The van der Waals surface area contributed by atoms with E-state index in [9.17, 15) is 0 Å². The largest absolute Gasteiger partial charge is 0.381 e. The van der Waals surface area contributed by atoms with Crippen LogP contribution in [0, 0.1) is 51.7 Å². The summed E-state index contributed by atoms with van der Waals surface area (Å²) in [6.45, 7) is 3.08. The molecule has 0 unspecified atom stereocenters. The van der Waals surface area contributed by atoms with Crippen molar-refractivity contribution in [2.75, 3.05) is 11.9 Å². The van der Waals surface area contributed by atoms with Gasteiger partial charge in [-0.2, -0.15) is 15.8 Å². The van der Waals surface area contributed by atoms with E-state index in [-0.39, 0.29) is 0 Å². The second kappa shape index (κ2) is 18.7. The third kappa shape index (κ3) is 12.1. The molecule has 3 aromatic rings. The number of nitriles is 3. The monoisotopic (exact) mass is 553 g/mol. The second-order valence-corrected chi connectivity index (χ2v) is 9.34. The maximum absolute atomic E-state index is 8.82.